The first-order valence-corrected chi connectivity index (χ1v) is 8.08. The Kier molecular flexibility index (Phi) is 5.40. The van der Waals surface area contributed by atoms with Crippen molar-refractivity contribution in [1.82, 2.24) is 10.2 Å². The van der Waals surface area contributed by atoms with Crippen LogP contribution in [0.5, 0.6) is 0 Å². The molecule has 0 bridgehead atoms. The molecular weight excluding hydrogens is 256 g/mol. The molecule has 0 saturated carbocycles. The van der Waals surface area contributed by atoms with Gasteiger partial charge in [-0.1, -0.05) is 6.92 Å². The molecule has 0 spiro atoms. The maximum absolute atomic E-state index is 12.5. The topological polar surface area (TPSA) is 32.3 Å². The summed E-state index contributed by atoms with van der Waals surface area (Å²) in [7, 11) is 0. The van der Waals surface area contributed by atoms with E-state index >= 15 is 0 Å². The van der Waals surface area contributed by atoms with E-state index in [1.807, 2.05) is 12.1 Å². The maximum atomic E-state index is 12.5. The number of amides is 1. The van der Waals surface area contributed by atoms with Gasteiger partial charge >= 0.3 is 0 Å². The zero-order valence-corrected chi connectivity index (χ0v) is 12.8. The number of hydrogen-bond donors (Lipinski definition) is 1. The minimum Gasteiger partial charge on any atom is -0.338 e. The Bertz CT molecular complexity index is 410. The summed E-state index contributed by atoms with van der Waals surface area (Å²) in [5, 5.41) is 3.38. The van der Waals surface area contributed by atoms with Crippen LogP contribution in [-0.4, -0.2) is 37.0 Å². The van der Waals surface area contributed by atoms with Crippen molar-refractivity contribution in [2.75, 3.05) is 26.2 Å². The Morgan fingerprint density at radius 3 is 2.74 bits per heavy atom. The van der Waals surface area contributed by atoms with E-state index in [2.05, 4.69) is 24.1 Å². The largest absolute Gasteiger partial charge is 0.338 e. The van der Waals surface area contributed by atoms with E-state index in [-0.39, 0.29) is 5.91 Å². The molecule has 106 valence electrons. The summed E-state index contributed by atoms with van der Waals surface area (Å²) >= 11 is 1.61. The summed E-state index contributed by atoms with van der Waals surface area (Å²) in [5.41, 5.74) is 0. The van der Waals surface area contributed by atoms with Crippen LogP contribution in [-0.2, 0) is 0 Å². The van der Waals surface area contributed by atoms with Crippen molar-refractivity contribution < 1.29 is 4.79 Å². The van der Waals surface area contributed by atoms with Gasteiger partial charge in [0.25, 0.3) is 5.91 Å². The second kappa shape index (κ2) is 7.06. The van der Waals surface area contributed by atoms with E-state index in [1.165, 1.54) is 17.7 Å². The lowest BCUT2D eigenvalue weighted by Crippen LogP contribution is -2.39. The molecule has 3 nitrogen and oxygen atoms in total. The first-order chi connectivity index (χ1) is 9.20. The summed E-state index contributed by atoms with van der Waals surface area (Å²) in [6.07, 6.45) is 3.41. The highest BCUT2D eigenvalue weighted by molar-refractivity contribution is 7.13. The highest BCUT2D eigenvalue weighted by Crippen LogP contribution is 2.20. The van der Waals surface area contributed by atoms with Crippen molar-refractivity contribution >= 4 is 17.2 Å². The molecule has 0 radical (unpaired) electrons. The van der Waals surface area contributed by atoms with E-state index in [0.29, 0.717) is 5.92 Å². The fourth-order valence-electron chi connectivity index (χ4n) is 2.63. The quantitative estimate of drug-likeness (QED) is 0.899. The van der Waals surface area contributed by atoms with Gasteiger partial charge in [-0.3, -0.25) is 4.79 Å². The molecule has 4 heteroatoms. The monoisotopic (exact) mass is 280 g/mol. The maximum Gasteiger partial charge on any atom is 0.263 e. The standard InChI is InChI=1S/C15H24N2OS/c1-3-10-17(11-13-6-8-16-9-7-13)15(18)14-5-4-12(2)19-14/h4-5,13,16H,3,6-11H2,1-2H3. The lowest BCUT2D eigenvalue weighted by atomic mass is 9.97. The van der Waals surface area contributed by atoms with Crippen LogP contribution in [0, 0.1) is 12.8 Å². The Balaban J connectivity index is 1.99. The molecule has 1 aliphatic rings. The molecule has 1 fully saturated rings. The SMILES string of the molecule is CCCN(CC1CCNCC1)C(=O)c1ccc(C)s1. The number of nitrogens with zero attached hydrogens (tertiary/aromatic N) is 1. The molecule has 0 unspecified atom stereocenters. The number of piperidine rings is 1. The van der Waals surface area contributed by atoms with E-state index in [4.69, 9.17) is 0 Å². The number of carbonyl (C=O) groups excluding carboxylic acids is 1. The van der Waals surface area contributed by atoms with Gasteiger partial charge in [-0.25, -0.2) is 0 Å². The van der Waals surface area contributed by atoms with Crippen LogP contribution >= 0.6 is 11.3 Å². The third-order valence-electron chi connectivity index (χ3n) is 3.67. The van der Waals surface area contributed by atoms with E-state index < -0.39 is 0 Å². The molecular formula is C15H24N2OS. The van der Waals surface area contributed by atoms with Crippen LogP contribution < -0.4 is 5.32 Å². The second-order valence-electron chi connectivity index (χ2n) is 5.35. The predicted octanol–water partition coefficient (Wildman–Crippen LogP) is 2.91. The van der Waals surface area contributed by atoms with Gasteiger partial charge < -0.3 is 10.2 Å². The molecule has 0 atom stereocenters. The number of carbonyl (C=O) groups is 1. The summed E-state index contributed by atoms with van der Waals surface area (Å²) in [4.78, 5) is 16.7. The second-order valence-corrected chi connectivity index (χ2v) is 6.64. The smallest absolute Gasteiger partial charge is 0.263 e. The van der Waals surface area contributed by atoms with Gasteiger partial charge in [0, 0.05) is 18.0 Å². The summed E-state index contributed by atoms with van der Waals surface area (Å²) in [5.74, 6) is 0.885. The molecule has 2 rings (SSSR count). The van der Waals surface area contributed by atoms with Gasteiger partial charge in [0.15, 0.2) is 0 Å². The molecule has 1 amide bonds. The van der Waals surface area contributed by atoms with Gasteiger partial charge in [-0.15, -0.1) is 11.3 Å². The summed E-state index contributed by atoms with van der Waals surface area (Å²) in [6, 6.07) is 4.00. The third-order valence-corrected chi connectivity index (χ3v) is 4.66. The van der Waals surface area contributed by atoms with Crippen molar-refractivity contribution in [3.63, 3.8) is 0 Å². The molecule has 1 saturated heterocycles. The zero-order chi connectivity index (χ0) is 13.7. The lowest BCUT2D eigenvalue weighted by Gasteiger charge is -2.29. The Morgan fingerprint density at radius 1 is 1.42 bits per heavy atom. The minimum atomic E-state index is 0.221. The lowest BCUT2D eigenvalue weighted by molar-refractivity contribution is 0.0721. The third kappa shape index (κ3) is 4.05. The number of hydrogen-bond acceptors (Lipinski definition) is 3. The Labute approximate surface area is 120 Å². The normalized spacial score (nSPS) is 16.5. The first kappa shape index (κ1) is 14.5. The van der Waals surface area contributed by atoms with Crippen LogP contribution in [0.3, 0.4) is 0 Å². The summed E-state index contributed by atoms with van der Waals surface area (Å²) in [6.45, 7) is 8.18. The van der Waals surface area contributed by atoms with Crippen LogP contribution in [0.15, 0.2) is 12.1 Å². The zero-order valence-electron chi connectivity index (χ0n) is 11.9. The molecule has 19 heavy (non-hydrogen) atoms. The Hall–Kier alpha value is -0.870. The summed E-state index contributed by atoms with van der Waals surface area (Å²) < 4.78 is 0. The number of rotatable bonds is 5. The van der Waals surface area contributed by atoms with Gasteiger partial charge in [-0.05, 0) is 57.3 Å². The molecule has 1 N–H and O–H groups in total. The highest BCUT2D eigenvalue weighted by Gasteiger charge is 2.21. The van der Waals surface area contributed by atoms with Gasteiger partial charge in [0.2, 0.25) is 0 Å². The van der Waals surface area contributed by atoms with Crippen molar-refractivity contribution in [2.45, 2.75) is 33.1 Å². The molecule has 0 aliphatic carbocycles. The fraction of sp³-hybridized carbons (Fsp3) is 0.667. The molecule has 0 aromatic carbocycles. The average molecular weight is 280 g/mol. The van der Waals surface area contributed by atoms with Crippen LogP contribution in [0.1, 0.15) is 40.7 Å². The van der Waals surface area contributed by atoms with Gasteiger partial charge in [-0.2, -0.15) is 0 Å². The van der Waals surface area contributed by atoms with Crippen LogP contribution in [0.25, 0.3) is 0 Å². The van der Waals surface area contributed by atoms with Gasteiger partial charge in [0.1, 0.15) is 0 Å². The Morgan fingerprint density at radius 2 is 2.16 bits per heavy atom. The van der Waals surface area contributed by atoms with Crippen LogP contribution in [0.2, 0.25) is 0 Å². The van der Waals surface area contributed by atoms with E-state index in [9.17, 15) is 4.79 Å². The molecule has 2 heterocycles. The van der Waals surface area contributed by atoms with Crippen molar-refractivity contribution in [3.8, 4) is 0 Å². The molecule has 1 aromatic rings. The van der Waals surface area contributed by atoms with Gasteiger partial charge in [0.05, 0.1) is 4.88 Å². The van der Waals surface area contributed by atoms with E-state index in [0.717, 1.165) is 37.5 Å². The van der Waals surface area contributed by atoms with Crippen LogP contribution in [0.4, 0.5) is 0 Å². The van der Waals surface area contributed by atoms with Crippen molar-refractivity contribution in [2.24, 2.45) is 5.92 Å². The fourth-order valence-corrected chi connectivity index (χ4v) is 3.46. The average Bonchev–Trinajstić information content (AvgIpc) is 2.85. The number of aryl methyl sites for hydroxylation is 1. The number of nitrogens with one attached hydrogen (secondary N) is 1. The number of thiophene rings is 1. The van der Waals surface area contributed by atoms with E-state index in [1.54, 1.807) is 11.3 Å². The highest BCUT2D eigenvalue weighted by atomic mass is 32.1. The van der Waals surface area contributed by atoms with Crippen molar-refractivity contribution in [1.29, 1.82) is 0 Å². The van der Waals surface area contributed by atoms with Crippen molar-refractivity contribution in [3.05, 3.63) is 21.9 Å². The predicted molar refractivity (Wildman–Crippen MR) is 80.8 cm³/mol. The minimum absolute atomic E-state index is 0.221. The first-order valence-electron chi connectivity index (χ1n) is 7.27. The molecule has 1 aliphatic heterocycles. The molecule has 1 aromatic heterocycles.